The summed E-state index contributed by atoms with van der Waals surface area (Å²) in [4.78, 5) is 13.3. The summed E-state index contributed by atoms with van der Waals surface area (Å²) < 4.78 is 27.4. The van der Waals surface area contributed by atoms with E-state index in [4.69, 9.17) is 10.4 Å². The summed E-state index contributed by atoms with van der Waals surface area (Å²) in [5.41, 5.74) is 0. The number of carboxylic acid groups (broad SMARTS) is 1. The Hall–Kier alpha value is -1.47. The highest BCUT2D eigenvalue weighted by Crippen LogP contribution is 2.34. The predicted octanol–water partition coefficient (Wildman–Crippen LogP) is 1.23. The summed E-state index contributed by atoms with van der Waals surface area (Å²) in [6.45, 7) is 0.796. The molecule has 1 heterocycles. The van der Waals surface area contributed by atoms with E-state index in [0.717, 1.165) is 30.7 Å². The van der Waals surface area contributed by atoms with E-state index in [2.05, 4.69) is 4.72 Å². The van der Waals surface area contributed by atoms with Crippen LogP contribution in [0.3, 0.4) is 0 Å². The minimum Gasteiger partial charge on any atom is -0.480 e. The molecule has 0 radical (unpaired) electrons. The molecular formula is C15H19N3O4S2. The zero-order valence-electron chi connectivity index (χ0n) is 13.0. The molecular weight excluding hydrogens is 350 g/mol. The third kappa shape index (κ3) is 4.13. The number of nitrogens with zero attached hydrogens (tertiary/aromatic N) is 2. The van der Waals surface area contributed by atoms with Crippen molar-refractivity contribution in [2.45, 2.75) is 42.0 Å². The van der Waals surface area contributed by atoms with Crippen molar-refractivity contribution in [1.29, 1.82) is 5.26 Å². The molecule has 3 rings (SSSR count). The summed E-state index contributed by atoms with van der Waals surface area (Å²) in [7, 11) is -3.61. The summed E-state index contributed by atoms with van der Waals surface area (Å²) in [6, 6.07) is 4.80. The van der Waals surface area contributed by atoms with Gasteiger partial charge in [0.1, 0.15) is 15.2 Å². The molecule has 0 amide bonds. The fourth-order valence-corrected chi connectivity index (χ4v) is 5.31. The van der Waals surface area contributed by atoms with Gasteiger partial charge in [0.05, 0.1) is 6.54 Å². The highest BCUT2D eigenvalue weighted by molar-refractivity contribution is 7.91. The first-order chi connectivity index (χ1) is 11.4. The first kappa shape index (κ1) is 17.4. The van der Waals surface area contributed by atoms with Crippen LogP contribution in [0.15, 0.2) is 16.3 Å². The van der Waals surface area contributed by atoms with E-state index >= 15 is 0 Å². The maximum atomic E-state index is 12.3. The molecule has 9 heteroatoms. The molecule has 0 aromatic carbocycles. The standard InChI is InChI=1S/C15H19N3O4S2/c16-7-13-3-4-15(23-13)24(21,22)17-11-5-12(6-11)18(9-14(19)20)8-10-1-2-10/h3-4,10-12,17H,1-2,5-6,8-9H2,(H,19,20). The second-order valence-corrected chi connectivity index (χ2v) is 9.47. The number of aliphatic carboxylic acids is 1. The van der Waals surface area contributed by atoms with E-state index in [1.807, 2.05) is 11.0 Å². The summed E-state index contributed by atoms with van der Waals surface area (Å²) in [6.07, 6.45) is 3.54. The molecule has 0 saturated heterocycles. The van der Waals surface area contributed by atoms with Gasteiger partial charge in [-0.05, 0) is 43.7 Å². The second kappa shape index (κ2) is 6.80. The Morgan fingerprint density at radius 3 is 2.67 bits per heavy atom. The molecule has 2 aliphatic rings. The number of nitrogens with one attached hydrogen (secondary N) is 1. The van der Waals surface area contributed by atoms with Crippen molar-refractivity contribution in [2.24, 2.45) is 5.92 Å². The van der Waals surface area contributed by atoms with Crippen LogP contribution in [0.2, 0.25) is 0 Å². The lowest BCUT2D eigenvalue weighted by Gasteiger charge is -2.42. The second-order valence-electron chi connectivity index (χ2n) is 6.44. The number of carboxylic acids is 1. The van der Waals surface area contributed by atoms with E-state index in [1.165, 1.54) is 12.1 Å². The molecule has 1 aromatic heterocycles. The molecule has 0 atom stereocenters. The van der Waals surface area contributed by atoms with Crippen molar-refractivity contribution in [2.75, 3.05) is 13.1 Å². The number of nitriles is 1. The smallest absolute Gasteiger partial charge is 0.317 e. The number of hydrogen-bond acceptors (Lipinski definition) is 6. The minimum absolute atomic E-state index is 0.0110. The molecule has 24 heavy (non-hydrogen) atoms. The van der Waals surface area contributed by atoms with Crippen molar-refractivity contribution < 1.29 is 18.3 Å². The predicted molar refractivity (Wildman–Crippen MR) is 88.1 cm³/mol. The SMILES string of the molecule is N#Cc1ccc(S(=O)(=O)NC2CC(N(CC(=O)O)CC3CC3)C2)s1. The van der Waals surface area contributed by atoms with Crippen molar-refractivity contribution in [1.82, 2.24) is 9.62 Å². The lowest BCUT2D eigenvalue weighted by Crippen LogP contribution is -2.55. The monoisotopic (exact) mass is 369 g/mol. The molecule has 0 bridgehead atoms. The van der Waals surface area contributed by atoms with E-state index in [1.54, 1.807) is 0 Å². The molecule has 1 aromatic rings. The van der Waals surface area contributed by atoms with Crippen molar-refractivity contribution in [3.63, 3.8) is 0 Å². The van der Waals surface area contributed by atoms with Crippen LogP contribution in [0.4, 0.5) is 0 Å². The lowest BCUT2D eigenvalue weighted by molar-refractivity contribution is -0.139. The third-order valence-corrected chi connectivity index (χ3v) is 7.44. The van der Waals surface area contributed by atoms with Gasteiger partial charge in [0.25, 0.3) is 0 Å². The summed E-state index contributed by atoms with van der Waals surface area (Å²) in [5.74, 6) is -0.252. The van der Waals surface area contributed by atoms with Crippen LogP contribution in [-0.4, -0.2) is 49.6 Å². The molecule has 2 aliphatic carbocycles. The van der Waals surface area contributed by atoms with Crippen LogP contribution >= 0.6 is 11.3 Å². The maximum Gasteiger partial charge on any atom is 0.317 e. The van der Waals surface area contributed by atoms with Gasteiger partial charge >= 0.3 is 5.97 Å². The van der Waals surface area contributed by atoms with Crippen LogP contribution in [0, 0.1) is 17.2 Å². The number of carbonyl (C=O) groups is 1. The summed E-state index contributed by atoms with van der Waals surface area (Å²) >= 11 is 0.949. The molecule has 7 nitrogen and oxygen atoms in total. The first-order valence-electron chi connectivity index (χ1n) is 7.85. The van der Waals surface area contributed by atoms with Gasteiger partial charge in [-0.1, -0.05) is 0 Å². The van der Waals surface area contributed by atoms with Crippen LogP contribution in [0.25, 0.3) is 0 Å². The molecule has 2 N–H and O–H groups in total. The van der Waals surface area contributed by atoms with Crippen molar-refractivity contribution >= 4 is 27.3 Å². The Balaban J connectivity index is 1.55. The average Bonchev–Trinajstić information content (AvgIpc) is 3.13. The Bertz CT molecular complexity index is 758. The maximum absolute atomic E-state index is 12.3. The molecule has 0 spiro atoms. The Morgan fingerprint density at radius 2 is 2.12 bits per heavy atom. The number of thiophene rings is 1. The quantitative estimate of drug-likeness (QED) is 0.713. The zero-order valence-corrected chi connectivity index (χ0v) is 14.6. The zero-order chi connectivity index (χ0) is 17.3. The lowest BCUT2D eigenvalue weighted by atomic mass is 9.86. The highest BCUT2D eigenvalue weighted by atomic mass is 32.2. The highest BCUT2D eigenvalue weighted by Gasteiger charge is 2.39. The van der Waals surface area contributed by atoms with Gasteiger partial charge in [0.2, 0.25) is 10.0 Å². The van der Waals surface area contributed by atoms with Crippen LogP contribution < -0.4 is 4.72 Å². The van der Waals surface area contributed by atoms with Crippen molar-refractivity contribution in [3.8, 4) is 6.07 Å². The molecule has 2 saturated carbocycles. The van der Waals surface area contributed by atoms with Crippen LogP contribution in [0.1, 0.15) is 30.6 Å². The van der Waals surface area contributed by atoms with Gasteiger partial charge in [-0.2, -0.15) is 5.26 Å². The number of rotatable bonds is 8. The number of sulfonamides is 1. The Labute approximate surface area is 144 Å². The van der Waals surface area contributed by atoms with E-state index in [-0.39, 0.29) is 22.8 Å². The largest absolute Gasteiger partial charge is 0.480 e. The number of hydrogen-bond donors (Lipinski definition) is 2. The van der Waals surface area contributed by atoms with Gasteiger partial charge in [-0.15, -0.1) is 11.3 Å². The molecule has 2 fully saturated rings. The minimum atomic E-state index is -3.61. The molecule has 0 unspecified atom stereocenters. The van der Waals surface area contributed by atoms with Gasteiger partial charge in [-0.3, -0.25) is 9.69 Å². The summed E-state index contributed by atoms with van der Waals surface area (Å²) in [5, 5.41) is 17.8. The van der Waals surface area contributed by atoms with Gasteiger partial charge in [-0.25, -0.2) is 13.1 Å². The van der Waals surface area contributed by atoms with E-state index < -0.39 is 16.0 Å². The fourth-order valence-electron chi connectivity index (χ4n) is 2.93. The fraction of sp³-hybridized carbons (Fsp3) is 0.600. The van der Waals surface area contributed by atoms with Crippen LogP contribution in [0.5, 0.6) is 0 Å². The van der Waals surface area contributed by atoms with Crippen molar-refractivity contribution in [3.05, 3.63) is 17.0 Å². The Morgan fingerprint density at radius 1 is 1.42 bits per heavy atom. The van der Waals surface area contributed by atoms with Gasteiger partial charge < -0.3 is 5.11 Å². The topological polar surface area (TPSA) is 110 Å². The third-order valence-electron chi connectivity index (χ3n) is 4.44. The average molecular weight is 369 g/mol. The first-order valence-corrected chi connectivity index (χ1v) is 10.2. The Kier molecular flexibility index (Phi) is 4.92. The van der Waals surface area contributed by atoms with Gasteiger partial charge in [0.15, 0.2) is 0 Å². The van der Waals surface area contributed by atoms with E-state index in [0.29, 0.717) is 23.6 Å². The van der Waals surface area contributed by atoms with Crippen LogP contribution in [-0.2, 0) is 14.8 Å². The molecule has 130 valence electrons. The van der Waals surface area contributed by atoms with Gasteiger partial charge in [0, 0.05) is 18.6 Å². The van der Waals surface area contributed by atoms with E-state index in [9.17, 15) is 13.2 Å². The normalized spacial score (nSPS) is 23.7. The molecule has 0 aliphatic heterocycles.